The van der Waals surface area contributed by atoms with E-state index in [-0.39, 0.29) is 5.91 Å². The average Bonchev–Trinajstić information content (AvgIpc) is 3.24. The fourth-order valence-corrected chi connectivity index (χ4v) is 4.16. The van der Waals surface area contributed by atoms with Crippen LogP contribution in [0.25, 0.3) is 0 Å². The second-order valence-corrected chi connectivity index (χ2v) is 8.07. The number of esters is 1. The normalized spacial score (nSPS) is 15.5. The third-order valence-electron chi connectivity index (χ3n) is 4.86. The highest BCUT2D eigenvalue weighted by Gasteiger charge is 2.42. The molecule has 0 aliphatic heterocycles. The summed E-state index contributed by atoms with van der Waals surface area (Å²) in [6.07, 6.45) is 3.80. The maximum absolute atomic E-state index is 12.8. The molecule has 0 spiro atoms. The fourth-order valence-electron chi connectivity index (χ4n) is 3.37. The standard InChI is InChI=1S/C20H21ClN2O4S/c1-27-19(26)20(9-3-2-4-10-20)23-17(24)13-7-8-14(21)15(12-13)22-18(25)16-6-5-11-28-16/h5-8,11-12H,2-4,9-10H2,1H3,(H,22,25)(H,23,24). The molecular formula is C20H21ClN2O4S. The maximum Gasteiger partial charge on any atom is 0.331 e. The summed E-state index contributed by atoms with van der Waals surface area (Å²) in [6.45, 7) is 0. The van der Waals surface area contributed by atoms with Crippen LogP contribution < -0.4 is 10.6 Å². The number of ether oxygens (including phenoxy) is 1. The zero-order valence-corrected chi connectivity index (χ0v) is 17.0. The second-order valence-electron chi connectivity index (χ2n) is 6.71. The van der Waals surface area contributed by atoms with E-state index in [4.69, 9.17) is 16.3 Å². The zero-order chi connectivity index (χ0) is 20.1. The lowest BCUT2D eigenvalue weighted by molar-refractivity contribution is -0.149. The van der Waals surface area contributed by atoms with E-state index < -0.39 is 17.4 Å². The minimum atomic E-state index is -1.01. The first-order valence-electron chi connectivity index (χ1n) is 9.00. The van der Waals surface area contributed by atoms with Crippen molar-refractivity contribution in [2.24, 2.45) is 0 Å². The highest BCUT2D eigenvalue weighted by atomic mass is 35.5. The van der Waals surface area contributed by atoms with Crippen LogP contribution in [0.15, 0.2) is 35.7 Å². The van der Waals surface area contributed by atoms with Crippen molar-refractivity contribution in [1.82, 2.24) is 5.32 Å². The average molecular weight is 421 g/mol. The van der Waals surface area contributed by atoms with Crippen molar-refractivity contribution < 1.29 is 19.1 Å². The van der Waals surface area contributed by atoms with Gasteiger partial charge in [-0.2, -0.15) is 0 Å². The second kappa shape index (κ2) is 8.75. The number of halogens is 1. The van der Waals surface area contributed by atoms with Crippen LogP contribution >= 0.6 is 22.9 Å². The number of hydrogen-bond acceptors (Lipinski definition) is 5. The monoisotopic (exact) mass is 420 g/mol. The van der Waals surface area contributed by atoms with Crippen LogP contribution in [-0.2, 0) is 9.53 Å². The van der Waals surface area contributed by atoms with Gasteiger partial charge in [0.2, 0.25) is 0 Å². The smallest absolute Gasteiger partial charge is 0.331 e. The molecule has 1 heterocycles. The molecule has 1 aromatic carbocycles. The van der Waals surface area contributed by atoms with E-state index in [0.29, 0.717) is 34.0 Å². The number of hydrogen-bond donors (Lipinski definition) is 2. The summed E-state index contributed by atoms with van der Waals surface area (Å²) < 4.78 is 4.94. The molecule has 1 aliphatic rings. The Labute approximate surface area is 172 Å². The molecule has 28 heavy (non-hydrogen) atoms. The van der Waals surface area contributed by atoms with Gasteiger partial charge in [-0.1, -0.05) is 36.9 Å². The molecule has 2 aromatic rings. The molecule has 0 radical (unpaired) electrons. The van der Waals surface area contributed by atoms with Crippen LogP contribution in [0.3, 0.4) is 0 Å². The molecule has 1 fully saturated rings. The Morgan fingerprint density at radius 1 is 1.11 bits per heavy atom. The van der Waals surface area contributed by atoms with Crippen molar-refractivity contribution in [3.63, 3.8) is 0 Å². The van der Waals surface area contributed by atoms with E-state index >= 15 is 0 Å². The van der Waals surface area contributed by atoms with Gasteiger partial charge in [0.1, 0.15) is 5.54 Å². The summed E-state index contributed by atoms with van der Waals surface area (Å²) in [5, 5.41) is 7.71. The molecule has 1 aromatic heterocycles. The first-order valence-corrected chi connectivity index (χ1v) is 10.3. The lowest BCUT2D eigenvalue weighted by atomic mass is 9.81. The van der Waals surface area contributed by atoms with Crippen molar-refractivity contribution >= 4 is 46.4 Å². The Kier molecular flexibility index (Phi) is 6.36. The summed E-state index contributed by atoms with van der Waals surface area (Å²) in [7, 11) is 1.32. The zero-order valence-electron chi connectivity index (χ0n) is 15.4. The van der Waals surface area contributed by atoms with Gasteiger partial charge in [0, 0.05) is 5.56 Å². The number of methoxy groups -OCH3 is 1. The van der Waals surface area contributed by atoms with Crippen LogP contribution in [0, 0.1) is 0 Å². The number of carbonyl (C=O) groups is 3. The van der Waals surface area contributed by atoms with E-state index in [1.165, 1.54) is 24.5 Å². The summed E-state index contributed by atoms with van der Waals surface area (Å²) in [5.74, 6) is -1.14. The number of benzene rings is 1. The van der Waals surface area contributed by atoms with Crippen molar-refractivity contribution in [1.29, 1.82) is 0 Å². The largest absolute Gasteiger partial charge is 0.467 e. The molecular weight excluding hydrogens is 400 g/mol. The summed E-state index contributed by atoms with van der Waals surface area (Å²) in [5.41, 5.74) is -0.368. The number of thiophene rings is 1. The fraction of sp³-hybridized carbons (Fsp3) is 0.350. The van der Waals surface area contributed by atoms with Crippen LogP contribution in [0.2, 0.25) is 5.02 Å². The third-order valence-corrected chi connectivity index (χ3v) is 6.06. The van der Waals surface area contributed by atoms with Gasteiger partial charge in [-0.3, -0.25) is 9.59 Å². The topological polar surface area (TPSA) is 84.5 Å². The first-order chi connectivity index (χ1) is 13.4. The van der Waals surface area contributed by atoms with Gasteiger partial charge in [0.05, 0.1) is 22.7 Å². The Balaban J connectivity index is 1.80. The van der Waals surface area contributed by atoms with Crippen LogP contribution in [0.1, 0.15) is 52.1 Å². The summed E-state index contributed by atoms with van der Waals surface area (Å²) in [4.78, 5) is 38.0. The molecule has 148 valence electrons. The van der Waals surface area contributed by atoms with Gasteiger partial charge in [0.15, 0.2) is 0 Å². The van der Waals surface area contributed by atoms with E-state index in [1.807, 2.05) is 0 Å². The molecule has 1 aliphatic carbocycles. The molecule has 1 saturated carbocycles. The van der Waals surface area contributed by atoms with Gasteiger partial charge < -0.3 is 15.4 Å². The molecule has 8 heteroatoms. The minimum Gasteiger partial charge on any atom is -0.467 e. The van der Waals surface area contributed by atoms with Crippen LogP contribution in [0.5, 0.6) is 0 Å². The van der Waals surface area contributed by atoms with Crippen LogP contribution in [0.4, 0.5) is 5.69 Å². The Morgan fingerprint density at radius 3 is 2.50 bits per heavy atom. The van der Waals surface area contributed by atoms with Crippen molar-refractivity contribution in [2.75, 3.05) is 12.4 Å². The van der Waals surface area contributed by atoms with Crippen molar-refractivity contribution in [2.45, 2.75) is 37.6 Å². The SMILES string of the molecule is COC(=O)C1(NC(=O)c2ccc(Cl)c(NC(=O)c3cccs3)c2)CCCCC1. The minimum absolute atomic E-state index is 0.298. The number of carbonyl (C=O) groups excluding carboxylic acids is 3. The summed E-state index contributed by atoms with van der Waals surface area (Å²) >= 11 is 7.49. The molecule has 0 bridgehead atoms. The van der Waals surface area contributed by atoms with Gasteiger partial charge >= 0.3 is 5.97 Å². The number of anilines is 1. The van der Waals surface area contributed by atoms with Gasteiger partial charge in [-0.15, -0.1) is 11.3 Å². The van der Waals surface area contributed by atoms with Crippen molar-refractivity contribution in [3.8, 4) is 0 Å². The quantitative estimate of drug-likeness (QED) is 0.708. The molecule has 0 atom stereocenters. The predicted molar refractivity (Wildman–Crippen MR) is 109 cm³/mol. The highest BCUT2D eigenvalue weighted by molar-refractivity contribution is 7.12. The Bertz CT molecular complexity index is 876. The lowest BCUT2D eigenvalue weighted by Gasteiger charge is -2.35. The number of nitrogens with one attached hydrogen (secondary N) is 2. The van der Waals surface area contributed by atoms with E-state index in [2.05, 4.69) is 10.6 Å². The molecule has 2 amide bonds. The van der Waals surface area contributed by atoms with Gasteiger partial charge in [-0.25, -0.2) is 4.79 Å². The lowest BCUT2D eigenvalue weighted by Crippen LogP contribution is -2.56. The molecule has 3 rings (SSSR count). The van der Waals surface area contributed by atoms with Crippen molar-refractivity contribution in [3.05, 3.63) is 51.2 Å². The van der Waals surface area contributed by atoms with E-state index in [1.54, 1.807) is 29.6 Å². The Hall–Kier alpha value is -2.38. The molecule has 0 unspecified atom stereocenters. The third kappa shape index (κ3) is 4.36. The summed E-state index contributed by atoms with van der Waals surface area (Å²) in [6, 6.07) is 8.10. The van der Waals surface area contributed by atoms with Gasteiger partial charge in [0.25, 0.3) is 11.8 Å². The first kappa shape index (κ1) is 20.4. The maximum atomic E-state index is 12.8. The highest BCUT2D eigenvalue weighted by Crippen LogP contribution is 2.30. The molecule has 0 saturated heterocycles. The molecule has 2 N–H and O–H groups in total. The molecule has 6 nitrogen and oxygen atoms in total. The van der Waals surface area contributed by atoms with Gasteiger partial charge in [-0.05, 0) is 42.5 Å². The van der Waals surface area contributed by atoms with E-state index in [9.17, 15) is 14.4 Å². The number of rotatable bonds is 5. The Morgan fingerprint density at radius 2 is 1.86 bits per heavy atom. The predicted octanol–water partition coefficient (Wildman–Crippen LogP) is 4.26. The van der Waals surface area contributed by atoms with Crippen LogP contribution in [-0.4, -0.2) is 30.4 Å². The number of amides is 2. The van der Waals surface area contributed by atoms with E-state index in [0.717, 1.165) is 19.3 Å².